The Morgan fingerprint density at radius 1 is 1.55 bits per heavy atom. The van der Waals surface area contributed by atoms with Gasteiger partial charge in [-0.05, 0) is 25.7 Å². The molecule has 1 N–H and O–H groups in total. The van der Waals surface area contributed by atoms with Crippen LogP contribution in [0, 0.1) is 11.8 Å². The number of hydrogen-bond acceptors (Lipinski definition) is 1. The predicted octanol–water partition coefficient (Wildman–Crippen LogP) is 2.36. The molecule has 0 aromatic carbocycles. The third-order valence-electron chi connectivity index (χ3n) is 2.60. The molecule has 0 saturated carbocycles. The summed E-state index contributed by atoms with van der Waals surface area (Å²) in [6.07, 6.45) is 6.28. The second-order valence-electron chi connectivity index (χ2n) is 4.09. The van der Waals surface area contributed by atoms with Gasteiger partial charge in [0.2, 0.25) is 0 Å². The van der Waals surface area contributed by atoms with E-state index in [0.29, 0.717) is 11.8 Å². The van der Waals surface area contributed by atoms with Crippen molar-refractivity contribution in [2.24, 2.45) is 11.8 Å². The van der Waals surface area contributed by atoms with Crippen molar-refractivity contribution in [1.82, 2.24) is 0 Å². The van der Waals surface area contributed by atoms with E-state index in [4.69, 9.17) is 0 Å². The first-order valence-electron chi connectivity index (χ1n) is 4.43. The Labute approximate surface area is 69.1 Å². The summed E-state index contributed by atoms with van der Waals surface area (Å²) < 4.78 is 0. The van der Waals surface area contributed by atoms with Crippen LogP contribution in [-0.4, -0.2) is 10.7 Å². The molecule has 0 saturated heterocycles. The highest BCUT2D eigenvalue weighted by Crippen LogP contribution is 2.33. The monoisotopic (exact) mass is 154 g/mol. The molecule has 1 nitrogen and oxygen atoms in total. The summed E-state index contributed by atoms with van der Waals surface area (Å²) in [6, 6.07) is 0. The number of hydrogen-bond donors (Lipinski definition) is 1. The Bertz CT molecular complexity index is 156. The Morgan fingerprint density at radius 2 is 2.18 bits per heavy atom. The van der Waals surface area contributed by atoms with Crippen molar-refractivity contribution in [2.75, 3.05) is 0 Å². The highest BCUT2D eigenvalue weighted by atomic mass is 16.3. The molecule has 0 unspecified atom stereocenters. The molecule has 0 heterocycles. The average Bonchev–Trinajstić information content (AvgIpc) is 1.85. The van der Waals surface area contributed by atoms with Gasteiger partial charge in [-0.2, -0.15) is 0 Å². The van der Waals surface area contributed by atoms with Crippen LogP contribution in [0.5, 0.6) is 0 Å². The summed E-state index contributed by atoms with van der Waals surface area (Å²) in [7, 11) is 0. The quantitative estimate of drug-likeness (QED) is 0.575. The van der Waals surface area contributed by atoms with Crippen molar-refractivity contribution in [2.45, 2.75) is 39.2 Å². The van der Waals surface area contributed by atoms with Gasteiger partial charge in [0, 0.05) is 5.92 Å². The van der Waals surface area contributed by atoms with Crippen LogP contribution in [-0.2, 0) is 0 Å². The van der Waals surface area contributed by atoms with Crippen LogP contribution in [0.3, 0.4) is 0 Å². The molecular formula is C10H18O. The smallest absolute Gasteiger partial charge is 0.0687 e. The first-order chi connectivity index (χ1) is 5.04. The molecule has 1 rings (SSSR count). The van der Waals surface area contributed by atoms with Crippen LogP contribution in [0.1, 0.15) is 33.6 Å². The Balaban J connectivity index is 2.74. The largest absolute Gasteiger partial charge is 0.390 e. The number of aliphatic hydroxyl groups is 1. The molecule has 0 spiro atoms. The van der Waals surface area contributed by atoms with Gasteiger partial charge in [-0.3, -0.25) is 0 Å². The lowest BCUT2D eigenvalue weighted by Crippen LogP contribution is -2.38. The van der Waals surface area contributed by atoms with Gasteiger partial charge >= 0.3 is 0 Å². The zero-order valence-corrected chi connectivity index (χ0v) is 7.67. The summed E-state index contributed by atoms with van der Waals surface area (Å²) in [4.78, 5) is 0. The maximum Gasteiger partial charge on any atom is 0.0687 e. The van der Waals surface area contributed by atoms with Crippen molar-refractivity contribution in [3.63, 3.8) is 0 Å². The van der Waals surface area contributed by atoms with E-state index < -0.39 is 5.60 Å². The number of allylic oxidation sites excluding steroid dienone is 1. The third-order valence-corrected chi connectivity index (χ3v) is 2.60. The van der Waals surface area contributed by atoms with Crippen LogP contribution < -0.4 is 0 Å². The lowest BCUT2D eigenvalue weighted by atomic mass is 9.75. The van der Waals surface area contributed by atoms with Crippen molar-refractivity contribution >= 4 is 0 Å². The van der Waals surface area contributed by atoms with Gasteiger partial charge in [0.25, 0.3) is 0 Å². The van der Waals surface area contributed by atoms with Crippen molar-refractivity contribution in [3.05, 3.63) is 12.2 Å². The van der Waals surface area contributed by atoms with Crippen LogP contribution in [0.15, 0.2) is 12.2 Å². The molecule has 0 radical (unpaired) electrons. The van der Waals surface area contributed by atoms with E-state index in [9.17, 15) is 5.11 Å². The molecule has 0 bridgehead atoms. The van der Waals surface area contributed by atoms with Gasteiger partial charge in [0.05, 0.1) is 5.60 Å². The van der Waals surface area contributed by atoms with Crippen molar-refractivity contribution in [1.29, 1.82) is 0 Å². The van der Waals surface area contributed by atoms with Gasteiger partial charge in [-0.15, -0.1) is 0 Å². The molecule has 0 aliphatic heterocycles. The minimum Gasteiger partial charge on any atom is -0.390 e. The van der Waals surface area contributed by atoms with Crippen molar-refractivity contribution < 1.29 is 5.11 Å². The standard InChI is InChI=1S/C10H18O/c1-8(2)9-6-4-5-7-10(9,3)11/h4,6,8-9,11H,5,7H2,1-3H3/t9-,10-/m1/s1. The summed E-state index contributed by atoms with van der Waals surface area (Å²) in [5.74, 6) is 0.887. The minimum absolute atomic E-state index is 0.344. The third kappa shape index (κ3) is 1.84. The van der Waals surface area contributed by atoms with E-state index >= 15 is 0 Å². The van der Waals surface area contributed by atoms with E-state index in [1.165, 1.54) is 0 Å². The SMILES string of the molecule is CC(C)[C@H]1C=CCC[C@@]1(C)O. The molecule has 0 amide bonds. The van der Waals surface area contributed by atoms with E-state index in [-0.39, 0.29) is 0 Å². The maximum atomic E-state index is 9.95. The Morgan fingerprint density at radius 3 is 2.55 bits per heavy atom. The lowest BCUT2D eigenvalue weighted by Gasteiger charge is -2.36. The van der Waals surface area contributed by atoms with Crippen LogP contribution in [0.2, 0.25) is 0 Å². The van der Waals surface area contributed by atoms with Crippen LogP contribution in [0.4, 0.5) is 0 Å². The zero-order valence-electron chi connectivity index (χ0n) is 7.67. The normalized spacial score (nSPS) is 38.1. The van der Waals surface area contributed by atoms with Crippen molar-refractivity contribution in [3.8, 4) is 0 Å². The second kappa shape index (κ2) is 2.98. The fraction of sp³-hybridized carbons (Fsp3) is 0.800. The molecule has 1 aliphatic carbocycles. The molecule has 0 fully saturated rings. The van der Waals surface area contributed by atoms with Gasteiger partial charge in [0.1, 0.15) is 0 Å². The molecule has 1 aliphatic rings. The van der Waals surface area contributed by atoms with E-state index in [1.54, 1.807) is 0 Å². The first-order valence-corrected chi connectivity index (χ1v) is 4.43. The first kappa shape index (κ1) is 8.79. The topological polar surface area (TPSA) is 20.2 Å². The highest BCUT2D eigenvalue weighted by Gasteiger charge is 2.33. The summed E-state index contributed by atoms with van der Waals surface area (Å²) in [6.45, 7) is 6.27. The molecular weight excluding hydrogens is 136 g/mol. The lowest BCUT2D eigenvalue weighted by molar-refractivity contribution is -0.0109. The molecule has 11 heavy (non-hydrogen) atoms. The van der Waals surface area contributed by atoms with E-state index in [2.05, 4.69) is 26.0 Å². The zero-order chi connectivity index (χ0) is 8.48. The fourth-order valence-electron chi connectivity index (χ4n) is 1.93. The highest BCUT2D eigenvalue weighted by molar-refractivity contribution is 5.04. The number of rotatable bonds is 1. The van der Waals surface area contributed by atoms with Gasteiger partial charge < -0.3 is 5.11 Å². The average molecular weight is 154 g/mol. The van der Waals surface area contributed by atoms with E-state index in [0.717, 1.165) is 12.8 Å². The Hall–Kier alpha value is -0.300. The summed E-state index contributed by atoms with van der Waals surface area (Å²) >= 11 is 0. The summed E-state index contributed by atoms with van der Waals surface area (Å²) in [5.41, 5.74) is -0.469. The molecule has 0 aromatic rings. The predicted molar refractivity (Wildman–Crippen MR) is 47.3 cm³/mol. The van der Waals surface area contributed by atoms with Gasteiger partial charge in [-0.1, -0.05) is 26.0 Å². The maximum absolute atomic E-state index is 9.95. The fourth-order valence-corrected chi connectivity index (χ4v) is 1.93. The van der Waals surface area contributed by atoms with Crippen LogP contribution >= 0.6 is 0 Å². The van der Waals surface area contributed by atoms with Gasteiger partial charge in [0.15, 0.2) is 0 Å². The minimum atomic E-state index is -0.469. The molecule has 1 heteroatoms. The van der Waals surface area contributed by atoms with Gasteiger partial charge in [-0.25, -0.2) is 0 Å². The second-order valence-corrected chi connectivity index (χ2v) is 4.09. The summed E-state index contributed by atoms with van der Waals surface area (Å²) in [5, 5.41) is 9.95. The molecule has 2 atom stereocenters. The Kier molecular flexibility index (Phi) is 2.38. The van der Waals surface area contributed by atoms with E-state index in [1.807, 2.05) is 6.92 Å². The van der Waals surface area contributed by atoms with Crippen LogP contribution in [0.25, 0.3) is 0 Å². The molecule has 64 valence electrons. The molecule has 0 aromatic heterocycles.